The monoisotopic (exact) mass is 536 g/mol. The van der Waals surface area contributed by atoms with Crippen molar-refractivity contribution in [3.63, 3.8) is 0 Å². The van der Waals surface area contributed by atoms with Crippen LogP contribution < -0.4 is 19.9 Å². The topological polar surface area (TPSA) is 94.6 Å². The van der Waals surface area contributed by atoms with Crippen LogP contribution in [0.3, 0.4) is 0 Å². The standard InChI is InChI=1S/C27H18Cl2N2O4S/c1-2-33-16-5-3-4-14(10-16)23-18-9-7-17(12-21(18)35-26(31)20(23)13-30)34-27(32)25-24(29)19-8-6-15(28)11-22(19)36-25/h3-12,23H,2,31H2,1H3. The Kier molecular flexibility index (Phi) is 6.50. The van der Waals surface area contributed by atoms with Gasteiger partial charge in [-0.2, -0.15) is 5.26 Å². The van der Waals surface area contributed by atoms with Gasteiger partial charge in [0.1, 0.15) is 33.8 Å². The molecule has 5 rings (SSSR count). The molecule has 2 heterocycles. The van der Waals surface area contributed by atoms with Crippen LogP contribution in [-0.2, 0) is 0 Å². The molecule has 0 amide bonds. The second-order valence-corrected chi connectivity index (χ2v) is 9.77. The summed E-state index contributed by atoms with van der Waals surface area (Å²) < 4.78 is 17.8. The van der Waals surface area contributed by atoms with E-state index in [-0.39, 0.29) is 22.1 Å². The molecule has 4 aromatic rings. The van der Waals surface area contributed by atoms with E-state index < -0.39 is 11.9 Å². The maximum Gasteiger partial charge on any atom is 0.355 e. The first-order chi connectivity index (χ1) is 17.4. The fourth-order valence-corrected chi connectivity index (χ4v) is 5.78. The van der Waals surface area contributed by atoms with Crippen molar-refractivity contribution in [2.45, 2.75) is 12.8 Å². The Morgan fingerprint density at radius 2 is 1.97 bits per heavy atom. The van der Waals surface area contributed by atoms with Crippen molar-refractivity contribution in [1.29, 1.82) is 5.26 Å². The molecule has 0 bridgehead atoms. The first-order valence-corrected chi connectivity index (χ1v) is 12.5. The highest BCUT2D eigenvalue weighted by atomic mass is 35.5. The molecular formula is C27H18Cl2N2O4S. The maximum absolute atomic E-state index is 12.9. The average Bonchev–Trinajstić information content (AvgIpc) is 3.19. The Labute approximate surface area is 221 Å². The fraction of sp³-hybridized carbons (Fsp3) is 0.111. The molecule has 1 aliphatic rings. The van der Waals surface area contributed by atoms with Gasteiger partial charge in [-0.05, 0) is 42.8 Å². The van der Waals surface area contributed by atoms with Crippen LogP contribution >= 0.6 is 34.5 Å². The van der Waals surface area contributed by atoms with E-state index in [1.807, 2.05) is 31.2 Å². The number of nitrogens with two attached hydrogens (primary N) is 1. The van der Waals surface area contributed by atoms with E-state index in [1.165, 1.54) is 11.3 Å². The Balaban J connectivity index is 1.48. The molecule has 1 atom stereocenters. The second kappa shape index (κ2) is 9.75. The van der Waals surface area contributed by atoms with Gasteiger partial charge in [-0.25, -0.2) is 4.79 Å². The Morgan fingerprint density at radius 1 is 1.14 bits per heavy atom. The van der Waals surface area contributed by atoms with E-state index in [2.05, 4.69) is 6.07 Å². The maximum atomic E-state index is 12.9. The number of fused-ring (bicyclic) bond motifs is 2. The van der Waals surface area contributed by atoms with Gasteiger partial charge in [-0.15, -0.1) is 11.3 Å². The van der Waals surface area contributed by atoms with Gasteiger partial charge < -0.3 is 19.9 Å². The van der Waals surface area contributed by atoms with Gasteiger partial charge in [0.15, 0.2) is 0 Å². The minimum atomic E-state index is -0.602. The number of carbonyl (C=O) groups excluding carboxylic acids is 1. The van der Waals surface area contributed by atoms with Crippen LogP contribution in [0.4, 0.5) is 0 Å². The van der Waals surface area contributed by atoms with Crippen LogP contribution in [0.1, 0.15) is 33.6 Å². The van der Waals surface area contributed by atoms with E-state index in [0.29, 0.717) is 33.7 Å². The number of nitriles is 1. The number of hydrogen-bond donors (Lipinski definition) is 1. The molecule has 0 aliphatic carbocycles. The van der Waals surface area contributed by atoms with Crippen LogP contribution in [-0.4, -0.2) is 12.6 Å². The largest absolute Gasteiger partial charge is 0.494 e. The van der Waals surface area contributed by atoms with E-state index >= 15 is 0 Å². The summed E-state index contributed by atoms with van der Waals surface area (Å²) in [6, 6.07) is 19.9. The van der Waals surface area contributed by atoms with Crippen molar-refractivity contribution in [1.82, 2.24) is 0 Å². The summed E-state index contributed by atoms with van der Waals surface area (Å²) in [4.78, 5) is 13.2. The van der Waals surface area contributed by atoms with Crippen molar-refractivity contribution in [3.05, 3.63) is 98.2 Å². The van der Waals surface area contributed by atoms with E-state index in [9.17, 15) is 10.1 Å². The Morgan fingerprint density at radius 3 is 2.75 bits per heavy atom. The number of hydrogen-bond acceptors (Lipinski definition) is 7. The molecule has 0 radical (unpaired) electrons. The number of carbonyl (C=O) groups is 1. The lowest BCUT2D eigenvalue weighted by molar-refractivity contribution is 0.0740. The van der Waals surface area contributed by atoms with Crippen molar-refractivity contribution in [2.75, 3.05) is 6.61 Å². The van der Waals surface area contributed by atoms with E-state index in [1.54, 1.807) is 36.4 Å². The zero-order valence-corrected chi connectivity index (χ0v) is 21.2. The minimum absolute atomic E-state index is 0.00952. The molecule has 1 unspecified atom stereocenters. The third-order valence-electron chi connectivity index (χ3n) is 5.68. The summed E-state index contributed by atoms with van der Waals surface area (Å²) in [7, 11) is 0. The van der Waals surface area contributed by atoms with Crippen LogP contribution in [0.5, 0.6) is 17.2 Å². The third-order valence-corrected chi connectivity index (χ3v) is 7.55. The number of nitrogens with zero attached hydrogens (tertiary/aromatic N) is 1. The Bertz CT molecular complexity index is 1590. The summed E-state index contributed by atoms with van der Waals surface area (Å²) >= 11 is 13.7. The SMILES string of the molecule is CCOc1cccc(C2C(C#N)=C(N)Oc3cc(OC(=O)c4sc5cc(Cl)ccc5c4Cl)ccc32)c1. The quantitative estimate of drug-likeness (QED) is 0.217. The lowest BCUT2D eigenvalue weighted by atomic mass is 9.83. The van der Waals surface area contributed by atoms with Crippen LogP contribution in [0.15, 0.2) is 72.1 Å². The summed E-state index contributed by atoms with van der Waals surface area (Å²) in [6.45, 7) is 2.42. The number of allylic oxidation sites excluding steroid dienone is 1. The predicted molar refractivity (Wildman–Crippen MR) is 140 cm³/mol. The van der Waals surface area contributed by atoms with Gasteiger partial charge in [0.25, 0.3) is 0 Å². The highest BCUT2D eigenvalue weighted by Gasteiger charge is 2.31. The number of benzene rings is 3. The van der Waals surface area contributed by atoms with Gasteiger partial charge in [0.05, 0.1) is 17.5 Å². The zero-order valence-electron chi connectivity index (χ0n) is 18.9. The third kappa shape index (κ3) is 4.35. The normalized spacial score (nSPS) is 14.7. The molecule has 0 saturated carbocycles. The van der Waals surface area contributed by atoms with E-state index in [0.717, 1.165) is 15.6 Å². The van der Waals surface area contributed by atoms with Crippen LogP contribution in [0.2, 0.25) is 10.0 Å². The number of halogens is 2. The molecule has 0 fully saturated rings. The van der Waals surface area contributed by atoms with Gasteiger partial charge in [0.2, 0.25) is 5.88 Å². The smallest absolute Gasteiger partial charge is 0.355 e. The lowest BCUT2D eigenvalue weighted by Crippen LogP contribution is -2.21. The molecule has 1 aliphatic heterocycles. The Hall–Kier alpha value is -3.70. The second-order valence-electron chi connectivity index (χ2n) is 7.91. The van der Waals surface area contributed by atoms with Crippen LogP contribution in [0.25, 0.3) is 10.1 Å². The zero-order chi connectivity index (χ0) is 25.4. The molecular weight excluding hydrogens is 519 g/mol. The molecule has 36 heavy (non-hydrogen) atoms. The molecule has 9 heteroatoms. The molecule has 6 nitrogen and oxygen atoms in total. The number of thiophene rings is 1. The number of ether oxygens (including phenoxy) is 3. The minimum Gasteiger partial charge on any atom is -0.494 e. The highest BCUT2D eigenvalue weighted by molar-refractivity contribution is 7.21. The summed E-state index contributed by atoms with van der Waals surface area (Å²) in [5.41, 5.74) is 7.94. The van der Waals surface area contributed by atoms with Gasteiger partial charge in [-0.1, -0.05) is 47.5 Å². The van der Waals surface area contributed by atoms with Gasteiger partial charge in [0, 0.05) is 26.7 Å². The number of rotatable bonds is 5. The first kappa shape index (κ1) is 24.0. The number of esters is 1. The molecule has 180 valence electrons. The summed E-state index contributed by atoms with van der Waals surface area (Å²) in [5.74, 6) is 0.245. The molecule has 3 aromatic carbocycles. The molecule has 2 N–H and O–H groups in total. The first-order valence-electron chi connectivity index (χ1n) is 10.9. The fourth-order valence-electron chi connectivity index (χ4n) is 4.12. The summed E-state index contributed by atoms with van der Waals surface area (Å²) in [6.07, 6.45) is 0. The molecule has 0 saturated heterocycles. The predicted octanol–water partition coefficient (Wildman–Crippen LogP) is 7.04. The average molecular weight is 537 g/mol. The molecule has 0 spiro atoms. The van der Waals surface area contributed by atoms with Gasteiger partial charge >= 0.3 is 5.97 Å². The lowest BCUT2D eigenvalue weighted by Gasteiger charge is -2.27. The van der Waals surface area contributed by atoms with Crippen molar-refractivity contribution >= 4 is 50.6 Å². The van der Waals surface area contributed by atoms with Crippen molar-refractivity contribution in [3.8, 4) is 23.3 Å². The van der Waals surface area contributed by atoms with E-state index in [4.69, 9.17) is 43.1 Å². The highest BCUT2D eigenvalue weighted by Crippen LogP contribution is 2.44. The molecule has 1 aromatic heterocycles. The van der Waals surface area contributed by atoms with Crippen molar-refractivity contribution in [2.24, 2.45) is 5.73 Å². The van der Waals surface area contributed by atoms with Gasteiger partial charge in [-0.3, -0.25) is 0 Å². The van der Waals surface area contributed by atoms with Crippen LogP contribution in [0, 0.1) is 11.3 Å². The summed E-state index contributed by atoms with van der Waals surface area (Å²) in [5, 5.41) is 11.4. The van der Waals surface area contributed by atoms with Crippen molar-refractivity contribution < 1.29 is 19.0 Å².